The summed E-state index contributed by atoms with van der Waals surface area (Å²) in [6.07, 6.45) is 4.77. The summed E-state index contributed by atoms with van der Waals surface area (Å²) in [7, 11) is 0. The van der Waals surface area contributed by atoms with Crippen molar-refractivity contribution < 1.29 is 9.90 Å². The van der Waals surface area contributed by atoms with Gasteiger partial charge >= 0.3 is 5.97 Å². The van der Waals surface area contributed by atoms with E-state index in [-0.39, 0.29) is 5.57 Å². The number of carboxylic acids is 1. The van der Waals surface area contributed by atoms with Gasteiger partial charge in [0.05, 0.1) is 5.57 Å². The third kappa shape index (κ3) is 2.94. The minimum Gasteiger partial charge on any atom is -0.478 e. The smallest absolute Gasteiger partial charge is 0.335 e. The lowest BCUT2D eigenvalue weighted by molar-refractivity contribution is -0.130. The molecule has 17 heavy (non-hydrogen) atoms. The topological polar surface area (TPSA) is 37.3 Å². The maximum absolute atomic E-state index is 11.1. The van der Waals surface area contributed by atoms with E-state index in [9.17, 15) is 4.79 Å². The molecule has 0 unspecified atom stereocenters. The van der Waals surface area contributed by atoms with E-state index in [0.717, 1.165) is 11.1 Å². The predicted octanol–water partition coefficient (Wildman–Crippen LogP) is 3.24. The minimum absolute atomic E-state index is 0.124. The van der Waals surface area contributed by atoms with Gasteiger partial charge in [-0.3, -0.25) is 0 Å². The monoisotopic (exact) mass is 228 g/mol. The molecule has 2 heteroatoms. The normalized spacial score (nSPS) is 9.65. The highest BCUT2D eigenvalue weighted by atomic mass is 16.4. The van der Waals surface area contributed by atoms with E-state index in [1.165, 1.54) is 0 Å². The van der Waals surface area contributed by atoms with Crippen LogP contribution in [0.4, 0.5) is 0 Å². The van der Waals surface area contributed by atoms with Crippen LogP contribution >= 0.6 is 0 Å². The van der Waals surface area contributed by atoms with E-state index >= 15 is 0 Å². The molecule has 0 atom stereocenters. The highest BCUT2D eigenvalue weighted by Crippen LogP contribution is 2.24. The third-order valence-electron chi connectivity index (χ3n) is 2.53. The Balaban J connectivity index is 3.36. The molecule has 1 N–H and O–H groups in total. The van der Waals surface area contributed by atoms with Crippen molar-refractivity contribution in [3.05, 3.63) is 66.8 Å². The minimum atomic E-state index is -0.994. The van der Waals surface area contributed by atoms with Crippen LogP contribution in [0.3, 0.4) is 0 Å². The molecule has 0 aliphatic heterocycles. The molecule has 88 valence electrons. The number of allylic oxidation sites excluding steroid dienone is 2. The molecule has 0 heterocycles. The molecule has 0 aliphatic carbocycles. The lowest BCUT2D eigenvalue weighted by atomic mass is 9.92. The number of hydrogen-bond donors (Lipinski definition) is 1. The standard InChI is InChI=1S/C15H16O2/c1-4-7-12-9-6-10-13(8-5-2)14(12)11(3)15(16)17/h4-6,9-10H,1-3,7-8H2,(H,16,17). The highest BCUT2D eigenvalue weighted by molar-refractivity contribution is 6.15. The Bertz CT molecular complexity index is 442. The number of carbonyl (C=O) groups is 1. The first-order valence-electron chi connectivity index (χ1n) is 5.37. The molecule has 0 spiro atoms. The van der Waals surface area contributed by atoms with Crippen LogP contribution in [0.15, 0.2) is 50.1 Å². The summed E-state index contributed by atoms with van der Waals surface area (Å²) in [6.45, 7) is 11.0. The fraction of sp³-hybridized carbons (Fsp3) is 0.133. The molecular weight excluding hydrogens is 212 g/mol. The molecular formula is C15H16O2. The van der Waals surface area contributed by atoms with Crippen LogP contribution in [-0.2, 0) is 17.6 Å². The first-order chi connectivity index (χ1) is 8.11. The van der Waals surface area contributed by atoms with E-state index in [2.05, 4.69) is 19.7 Å². The zero-order valence-electron chi connectivity index (χ0n) is 9.78. The van der Waals surface area contributed by atoms with E-state index in [1.54, 1.807) is 12.2 Å². The first-order valence-corrected chi connectivity index (χ1v) is 5.37. The van der Waals surface area contributed by atoms with Gasteiger partial charge in [-0.05, 0) is 29.5 Å². The maximum Gasteiger partial charge on any atom is 0.335 e. The van der Waals surface area contributed by atoms with E-state index in [4.69, 9.17) is 5.11 Å². The molecule has 1 aromatic carbocycles. The van der Waals surface area contributed by atoms with Gasteiger partial charge < -0.3 is 5.11 Å². The summed E-state index contributed by atoms with van der Waals surface area (Å²) < 4.78 is 0. The number of rotatable bonds is 6. The summed E-state index contributed by atoms with van der Waals surface area (Å²) in [5.41, 5.74) is 2.71. The van der Waals surface area contributed by atoms with Gasteiger partial charge in [-0.2, -0.15) is 0 Å². The van der Waals surface area contributed by atoms with Gasteiger partial charge in [-0.15, -0.1) is 13.2 Å². The lowest BCUT2D eigenvalue weighted by Gasteiger charge is -2.13. The Morgan fingerprint density at radius 2 is 1.65 bits per heavy atom. The van der Waals surface area contributed by atoms with Crippen molar-refractivity contribution in [2.75, 3.05) is 0 Å². The van der Waals surface area contributed by atoms with Gasteiger partial charge in [0.15, 0.2) is 0 Å². The van der Waals surface area contributed by atoms with Crippen LogP contribution in [0.25, 0.3) is 5.57 Å². The van der Waals surface area contributed by atoms with Crippen LogP contribution in [-0.4, -0.2) is 11.1 Å². The largest absolute Gasteiger partial charge is 0.478 e. The summed E-state index contributed by atoms with van der Waals surface area (Å²) in [5.74, 6) is -0.994. The zero-order chi connectivity index (χ0) is 12.8. The molecule has 0 aliphatic rings. The van der Waals surface area contributed by atoms with Gasteiger partial charge in [0.25, 0.3) is 0 Å². The lowest BCUT2D eigenvalue weighted by Crippen LogP contribution is -2.05. The Hall–Kier alpha value is -2.09. The van der Waals surface area contributed by atoms with Crippen LogP contribution in [0.2, 0.25) is 0 Å². The van der Waals surface area contributed by atoms with E-state index in [1.807, 2.05) is 18.2 Å². The molecule has 1 rings (SSSR count). The van der Waals surface area contributed by atoms with Gasteiger partial charge in [-0.1, -0.05) is 36.9 Å². The fourth-order valence-corrected chi connectivity index (χ4v) is 1.80. The summed E-state index contributed by atoms with van der Waals surface area (Å²) in [5, 5.41) is 9.07. The summed E-state index contributed by atoms with van der Waals surface area (Å²) >= 11 is 0. The summed E-state index contributed by atoms with van der Waals surface area (Å²) in [4.78, 5) is 11.1. The predicted molar refractivity (Wildman–Crippen MR) is 70.9 cm³/mol. The second kappa shape index (κ2) is 5.85. The van der Waals surface area contributed by atoms with Crippen LogP contribution in [0.5, 0.6) is 0 Å². The molecule has 0 bridgehead atoms. The molecule has 2 nitrogen and oxygen atoms in total. The SMILES string of the molecule is C=CCc1cccc(CC=C)c1C(=C)C(=O)O. The Labute approximate surface area is 102 Å². The Morgan fingerprint density at radius 1 is 1.18 bits per heavy atom. The molecule has 1 aromatic rings. The summed E-state index contributed by atoms with van der Waals surface area (Å²) in [6, 6.07) is 5.71. The van der Waals surface area contributed by atoms with E-state index < -0.39 is 5.97 Å². The molecule has 0 aromatic heterocycles. The molecule has 0 fully saturated rings. The van der Waals surface area contributed by atoms with Crippen molar-refractivity contribution in [1.29, 1.82) is 0 Å². The number of benzene rings is 1. The second-order valence-electron chi connectivity index (χ2n) is 3.72. The van der Waals surface area contributed by atoms with Crippen LogP contribution in [0, 0.1) is 0 Å². The third-order valence-corrected chi connectivity index (χ3v) is 2.53. The number of carboxylic acid groups (broad SMARTS) is 1. The fourth-order valence-electron chi connectivity index (χ4n) is 1.80. The average molecular weight is 228 g/mol. The Kier molecular flexibility index (Phi) is 4.46. The molecule has 0 saturated carbocycles. The first kappa shape index (κ1) is 13.0. The highest BCUT2D eigenvalue weighted by Gasteiger charge is 2.15. The Morgan fingerprint density at radius 3 is 2.00 bits per heavy atom. The van der Waals surface area contributed by atoms with Gasteiger partial charge in [-0.25, -0.2) is 4.79 Å². The molecule has 0 saturated heterocycles. The molecule has 0 radical (unpaired) electrons. The van der Waals surface area contributed by atoms with Crippen LogP contribution in [0.1, 0.15) is 16.7 Å². The van der Waals surface area contributed by atoms with Gasteiger partial charge in [0, 0.05) is 0 Å². The van der Waals surface area contributed by atoms with Crippen molar-refractivity contribution >= 4 is 11.5 Å². The van der Waals surface area contributed by atoms with Crippen molar-refractivity contribution in [1.82, 2.24) is 0 Å². The number of aliphatic carboxylic acids is 1. The second-order valence-corrected chi connectivity index (χ2v) is 3.72. The van der Waals surface area contributed by atoms with Crippen molar-refractivity contribution in [3.63, 3.8) is 0 Å². The van der Waals surface area contributed by atoms with Crippen LogP contribution < -0.4 is 0 Å². The average Bonchev–Trinajstić information content (AvgIpc) is 2.29. The van der Waals surface area contributed by atoms with Gasteiger partial charge in [0.1, 0.15) is 0 Å². The van der Waals surface area contributed by atoms with Crippen molar-refractivity contribution in [2.45, 2.75) is 12.8 Å². The van der Waals surface area contributed by atoms with Crippen molar-refractivity contribution in [2.24, 2.45) is 0 Å². The van der Waals surface area contributed by atoms with E-state index in [0.29, 0.717) is 18.4 Å². The zero-order valence-corrected chi connectivity index (χ0v) is 9.78. The maximum atomic E-state index is 11.1. The molecule has 0 amide bonds. The quantitative estimate of drug-likeness (QED) is 0.599. The van der Waals surface area contributed by atoms with Gasteiger partial charge in [0.2, 0.25) is 0 Å². The van der Waals surface area contributed by atoms with Crippen molar-refractivity contribution in [3.8, 4) is 0 Å². The number of hydrogen-bond acceptors (Lipinski definition) is 1.